The van der Waals surface area contributed by atoms with Gasteiger partial charge in [-0.3, -0.25) is 9.59 Å². The number of hydrogen-bond donors (Lipinski definition) is 1. The van der Waals surface area contributed by atoms with E-state index in [0.717, 1.165) is 50.4 Å². The van der Waals surface area contributed by atoms with E-state index in [9.17, 15) is 9.59 Å². The van der Waals surface area contributed by atoms with Gasteiger partial charge in [0.15, 0.2) is 0 Å². The minimum atomic E-state index is -0.00747. The van der Waals surface area contributed by atoms with Crippen molar-refractivity contribution in [1.29, 1.82) is 0 Å². The lowest BCUT2D eigenvalue weighted by Crippen LogP contribution is -2.32. The van der Waals surface area contributed by atoms with Crippen LogP contribution in [0.5, 0.6) is 0 Å². The number of nitrogens with one attached hydrogen (secondary N) is 1. The highest BCUT2D eigenvalue weighted by Gasteiger charge is 2.13. The van der Waals surface area contributed by atoms with Gasteiger partial charge in [-0.25, -0.2) is 4.98 Å². The molecule has 2 rings (SSSR count). The number of carbonyl (C=O) groups excluding carboxylic acids is 2. The van der Waals surface area contributed by atoms with E-state index < -0.39 is 0 Å². The van der Waals surface area contributed by atoms with Crippen LogP contribution in [0.1, 0.15) is 77.2 Å². The van der Waals surface area contributed by atoms with E-state index in [4.69, 9.17) is 0 Å². The lowest BCUT2D eigenvalue weighted by Gasteiger charge is -2.21. The monoisotopic (exact) mass is 402 g/mol. The van der Waals surface area contributed by atoms with Crippen LogP contribution in [0.15, 0.2) is 18.3 Å². The highest BCUT2D eigenvalue weighted by Crippen LogP contribution is 2.17. The molecule has 2 amide bonds. The minimum absolute atomic E-state index is 0.00747. The molecule has 1 saturated heterocycles. The van der Waals surface area contributed by atoms with Crippen molar-refractivity contribution in [1.82, 2.24) is 15.2 Å². The summed E-state index contributed by atoms with van der Waals surface area (Å²) in [6.45, 7) is 8.42. The van der Waals surface area contributed by atoms with Crippen LogP contribution < -0.4 is 10.2 Å². The second kappa shape index (κ2) is 13.2. The van der Waals surface area contributed by atoms with Gasteiger partial charge in [-0.2, -0.15) is 0 Å². The quantitative estimate of drug-likeness (QED) is 0.610. The van der Waals surface area contributed by atoms with Gasteiger partial charge in [-0.15, -0.1) is 0 Å². The fraction of sp³-hybridized carbons (Fsp3) is 0.696. The smallest absolute Gasteiger partial charge is 0.222 e. The Kier molecular flexibility index (Phi) is 10.5. The summed E-state index contributed by atoms with van der Waals surface area (Å²) in [5.41, 5.74) is 1.00. The average molecular weight is 403 g/mol. The van der Waals surface area contributed by atoms with Gasteiger partial charge in [-0.1, -0.05) is 32.8 Å². The standard InChI is InChI=1S/C23H38N4O2/c1-3-14-27(15-4-2)23(29)11-9-10-22(28)25-19-20-12-13-21(24-18-20)26-16-7-5-6-8-17-26/h12-13,18H,3-11,14-17,19H2,1-2H3,(H,25,28). The van der Waals surface area contributed by atoms with Crippen LogP contribution in [0.25, 0.3) is 0 Å². The first-order chi connectivity index (χ1) is 14.1. The summed E-state index contributed by atoms with van der Waals surface area (Å²) in [6.07, 6.45) is 10.3. The number of pyridine rings is 1. The number of carbonyl (C=O) groups is 2. The summed E-state index contributed by atoms with van der Waals surface area (Å²) in [4.78, 5) is 33.2. The SMILES string of the molecule is CCCN(CCC)C(=O)CCCC(=O)NCc1ccc(N2CCCCCC2)nc1. The van der Waals surface area contributed by atoms with Crippen molar-refractivity contribution in [3.8, 4) is 0 Å². The zero-order chi connectivity index (χ0) is 20.9. The highest BCUT2D eigenvalue weighted by atomic mass is 16.2. The first-order valence-electron chi connectivity index (χ1n) is 11.4. The average Bonchev–Trinajstić information content (AvgIpc) is 3.02. The molecule has 0 atom stereocenters. The molecule has 162 valence electrons. The lowest BCUT2D eigenvalue weighted by atomic mass is 10.2. The molecule has 0 saturated carbocycles. The van der Waals surface area contributed by atoms with E-state index in [-0.39, 0.29) is 11.8 Å². The molecule has 0 unspecified atom stereocenters. The molecule has 1 aliphatic heterocycles. The number of aromatic nitrogens is 1. The van der Waals surface area contributed by atoms with Crippen molar-refractivity contribution in [2.24, 2.45) is 0 Å². The molecule has 0 bridgehead atoms. The molecule has 1 aromatic heterocycles. The van der Waals surface area contributed by atoms with Crippen molar-refractivity contribution in [3.05, 3.63) is 23.9 Å². The minimum Gasteiger partial charge on any atom is -0.357 e. The third kappa shape index (κ3) is 8.42. The number of hydrogen-bond acceptors (Lipinski definition) is 4. The Morgan fingerprint density at radius 2 is 1.72 bits per heavy atom. The first kappa shape index (κ1) is 23.2. The molecule has 1 fully saturated rings. The topological polar surface area (TPSA) is 65.5 Å². The van der Waals surface area contributed by atoms with Crippen molar-refractivity contribution in [2.45, 2.75) is 78.2 Å². The number of anilines is 1. The maximum atomic E-state index is 12.2. The molecular formula is C23H38N4O2. The van der Waals surface area contributed by atoms with Gasteiger partial charge in [0.25, 0.3) is 0 Å². The summed E-state index contributed by atoms with van der Waals surface area (Å²) in [6, 6.07) is 4.10. The molecule has 1 aliphatic rings. The van der Waals surface area contributed by atoms with E-state index >= 15 is 0 Å². The second-order valence-electron chi connectivity index (χ2n) is 7.94. The molecule has 6 nitrogen and oxygen atoms in total. The van der Waals surface area contributed by atoms with Crippen molar-refractivity contribution in [3.63, 3.8) is 0 Å². The fourth-order valence-electron chi connectivity index (χ4n) is 3.76. The molecule has 0 radical (unpaired) electrons. The van der Waals surface area contributed by atoms with Crippen molar-refractivity contribution < 1.29 is 9.59 Å². The predicted octanol–water partition coefficient (Wildman–Crippen LogP) is 3.90. The Bertz CT molecular complexity index is 604. The highest BCUT2D eigenvalue weighted by molar-refractivity contribution is 5.79. The summed E-state index contributed by atoms with van der Waals surface area (Å²) in [7, 11) is 0. The van der Waals surface area contributed by atoms with E-state index in [1.54, 1.807) is 0 Å². The maximum Gasteiger partial charge on any atom is 0.222 e. The van der Waals surface area contributed by atoms with Crippen LogP contribution in [0.3, 0.4) is 0 Å². The summed E-state index contributed by atoms with van der Waals surface area (Å²) < 4.78 is 0. The normalized spacial score (nSPS) is 14.3. The van der Waals surface area contributed by atoms with Crippen LogP contribution in [-0.2, 0) is 16.1 Å². The molecule has 1 N–H and O–H groups in total. The summed E-state index contributed by atoms with van der Waals surface area (Å²) in [5, 5.41) is 2.94. The lowest BCUT2D eigenvalue weighted by molar-refractivity contribution is -0.131. The molecule has 1 aromatic rings. The van der Waals surface area contributed by atoms with Crippen LogP contribution >= 0.6 is 0 Å². The molecule has 2 heterocycles. The van der Waals surface area contributed by atoms with Crippen LogP contribution in [0, 0.1) is 0 Å². The third-order valence-electron chi connectivity index (χ3n) is 5.36. The van der Waals surface area contributed by atoms with Gasteiger partial charge in [0.2, 0.25) is 11.8 Å². The molecule has 0 aromatic carbocycles. The Labute approximate surface area is 176 Å². The molecule has 29 heavy (non-hydrogen) atoms. The molecular weight excluding hydrogens is 364 g/mol. The second-order valence-corrected chi connectivity index (χ2v) is 7.94. The Morgan fingerprint density at radius 1 is 1.03 bits per heavy atom. The van der Waals surface area contributed by atoms with Gasteiger partial charge in [-0.05, 0) is 43.7 Å². The van der Waals surface area contributed by atoms with Gasteiger partial charge in [0.05, 0.1) is 0 Å². The van der Waals surface area contributed by atoms with Gasteiger partial charge < -0.3 is 15.1 Å². The zero-order valence-electron chi connectivity index (χ0n) is 18.3. The van der Waals surface area contributed by atoms with E-state index in [0.29, 0.717) is 25.8 Å². The van der Waals surface area contributed by atoms with Crippen LogP contribution in [-0.4, -0.2) is 47.9 Å². The van der Waals surface area contributed by atoms with E-state index in [1.165, 1.54) is 25.7 Å². The van der Waals surface area contributed by atoms with Gasteiger partial charge in [0.1, 0.15) is 5.82 Å². The largest absolute Gasteiger partial charge is 0.357 e. The number of amides is 2. The van der Waals surface area contributed by atoms with Crippen LogP contribution in [0.4, 0.5) is 5.82 Å². The van der Waals surface area contributed by atoms with Crippen molar-refractivity contribution in [2.75, 3.05) is 31.1 Å². The van der Waals surface area contributed by atoms with E-state index in [1.807, 2.05) is 17.2 Å². The molecule has 6 heteroatoms. The molecule has 0 spiro atoms. The van der Waals surface area contributed by atoms with Crippen LogP contribution in [0.2, 0.25) is 0 Å². The number of nitrogens with zero attached hydrogens (tertiary/aromatic N) is 3. The maximum absolute atomic E-state index is 12.2. The Morgan fingerprint density at radius 3 is 2.31 bits per heavy atom. The van der Waals surface area contributed by atoms with Crippen molar-refractivity contribution >= 4 is 17.6 Å². The first-order valence-corrected chi connectivity index (χ1v) is 11.4. The Hall–Kier alpha value is -2.11. The third-order valence-corrected chi connectivity index (χ3v) is 5.36. The fourth-order valence-corrected chi connectivity index (χ4v) is 3.76. The number of rotatable bonds is 11. The predicted molar refractivity (Wildman–Crippen MR) is 118 cm³/mol. The summed E-state index contributed by atoms with van der Waals surface area (Å²) in [5.74, 6) is 1.19. The summed E-state index contributed by atoms with van der Waals surface area (Å²) >= 11 is 0. The molecule has 0 aliphatic carbocycles. The van der Waals surface area contributed by atoms with Gasteiger partial charge in [0, 0.05) is 51.8 Å². The zero-order valence-corrected chi connectivity index (χ0v) is 18.3. The van der Waals surface area contributed by atoms with E-state index in [2.05, 4.69) is 35.1 Å². The Balaban J connectivity index is 1.68. The van der Waals surface area contributed by atoms with Gasteiger partial charge >= 0.3 is 0 Å².